The zero-order valence-electron chi connectivity index (χ0n) is 10.6. The lowest BCUT2D eigenvalue weighted by Crippen LogP contribution is -2.34. The molecular weight excluding hydrogens is 214 g/mol. The summed E-state index contributed by atoms with van der Waals surface area (Å²) in [6, 6.07) is 8.31. The highest BCUT2D eigenvalue weighted by Gasteiger charge is 2.34. The third-order valence-electron chi connectivity index (χ3n) is 3.23. The number of nitrogens with zero attached hydrogens (tertiary/aromatic N) is 1. The third kappa shape index (κ3) is 2.86. The molecule has 1 heterocycles. The molecule has 2 unspecified atom stereocenters. The van der Waals surface area contributed by atoms with Crippen LogP contribution in [0.2, 0.25) is 0 Å². The first-order chi connectivity index (χ1) is 8.06. The molecule has 0 bridgehead atoms. The van der Waals surface area contributed by atoms with Crippen LogP contribution in [0, 0.1) is 6.92 Å². The molecule has 3 heteroatoms. The molecule has 0 N–H and O–H groups in total. The van der Waals surface area contributed by atoms with Crippen LogP contribution in [0.4, 0.5) is 0 Å². The first-order valence-electron chi connectivity index (χ1n) is 6.02. The Labute approximate surface area is 102 Å². The van der Waals surface area contributed by atoms with Crippen molar-refractivity contribution >= 4 is 5.97 Å². The fourth-order valence-corrected chi connectivity index (χ4v) is 2.19. The predicted molar refractivity (Wildman–Crippen MR) is 66.6 cm³/mol. The summed E-state index contributed by atoms with van der Waals surface area (Å²) < 4.78 is 5.17. The number of ether oxygens (including phenoxy) is 1. The van der Waals surface area contributed by atoms with Gasteiger partial charge in [-0.25, -0.2) is 0 Å². The van der Waals surface area contributed by atoms with Gasteiger partial charge in [-0.05, 0) is 26.5 Å². The summed E-state index contributed by atoms with van der Waals surface area (Å²) in [6.07, 6.45) is 0.842. The van der Waals surface area contributed by atoms with Crippen LogP contribution in [-0.2, 0) is 16.1 Å². The van der Waals surface area contributed by atoms with E-state index in [9.17, 15) is 4.79 Å². The molecule has 1 aromatic rings. The first kappa shape index (κ1) is 12.1. The van der Waals surface area contributed by atoms with E-state index >= 15 is 0 Å². The summed E-state index contributed by atoms with van der Waals surface area (Å²) in [5.41, 5.74) is 2.48. The molecule has 0 amide bonds. The van der Waals surface area contributed by atoms with Gasteiger partial charge in [-0.3, -0.25) is 9.69 Å². The van der Waals surface area contributed by atoms with Crippen molar-refractivity contribution in [3.05, 3.63) is 35.4 Å². The highest BCUT2D eigenvalue weighted by Crippen LogP contribution is 2.20. The Morgan fingerprint density at radius 1 is 1.35 bits per heavy atom. The lowest BCUT2D eigenvalue weighted by Gasteiger charge is -2.21. The second kappa shape index (κ2) is 4.88. The van der Waals surface area contributed by atoms with Gasteiger partial charge >= 0.3 is 5.97 Å². The second-order valence-electron chi connectivity index (χ2n) is 4.90. The van der Waals surface area contributed by atoms with Gasteiger partial charge in [-0.1, -0.05) is 29.8 Å². The van der Waals surface area contributed by atoms with Crippen molar-refractivity contribution in [2.24, 2.45) is 0 Å². The molecule has 0 radical (unpaired) electrons. The van der Waals surface area contributed by atoms with E-state index in [4.69, 9.17) is 4.74 Å². The molecule has 1 aromatic carbocycles. The number of carbonyl (C=O) groups excluding carboxylic acids is 1. The topological polar surface area (TPSA) is 29.5 Å². The van der Waals surface area contributed by atoms with E-state index in [1.54, 1.807) is 0 Å². The SMILES string of the molecule is Cc1ccc(CN(C)C2CC(C)OC2=O)cc1. The minimum Gasteiger partial charge on any atom is -0.461 e. The Morgan fingerprint density at radius 2 is 2.00 bits per heavy atom. The molecule has 2 atom stereocenters. The van der Waals surface area contributed by atoms with Crippen molar-refractivity contribution < 1.29 is 9.53 Å². The molecule has 92 valence electrons. The number of rotatable bonds is 3. The number of hydrogen-bond acceptors (Lipinski definition) is 3. The van der Waals surface area contributed by atoms with E-state index in [-0.39, 0.29) is 18.1 Å². The summed E-state index contributed by atoms with van der Waals surface area (Å²) in [5, 5.41) is 0. The van der Waals surface area contributed by atoms with Gasteiger partial charge in [0.25, 0.3) is 0 Å². The number of esters is 1. The van der Waals surface area contributed by atoms with Crippen LogP contribution in [0.5, 0.6) is 0 Å². The van der Waals surface area contributed by atoms with Crippen molar-refractivity contribution in [2.75, 3.05) is 7.05 Å². The average molecular weight is 233 g/mol. The lowest BCUT2D eigenvalue weighted by molar-refractivity contribution is -0.144. The normalized spacial score (nSPS) is 24.1. The molecule has 0 saturated carbocycles. The summed E-state index contributed by atoms with van der Waals surface area (Å²) in [6.45, 7) is 4.80. The van der Waals surface area contributed by atoms with E-state index in [2.05, 4.69) is 36.1 Å². The average Bonchev–Trinajstić information content (AvgIpc) is 2.61. The van der Waals surface area contributed by atoms with Gasteiger partial charge in [0.05, 0.1) is 0 Å². The monoisotopic (exact) mass is 233 g/mol. The molecule has 1 aliphatic heterocycles. The maximum Gasteiger partial charge on any atom is 0.323 e. The van der Waals surface area contributed by atoms with Crippen LogP contribution in [0.15, 0.2) is 24.3 Å². The van der Waals surface area contributed by atoms with Gasteiger partial charge in [0, 0.05) is 13.0 Å². The summed E-state index contributed by atoms with van der Waals surface area (Å²) >= 11 is 0. The van der Waals surface area contributed by atoms with Crippen LogP contribution in [-0.4, -0.2) is 30.1 Å². The van der Waals surface area contributed by atoms with Crippen molar-refractivity contribution in [3.63, 3.8) is 0 Å². The summed E-state index contributed by atoms with van der Waals surface area (Å²) in [5.74, 6) is -0.0906. The zero-order valence-corrected chi connectivity index (χ0v) is 10.6. The number of benzene rings is 1. The van der Waals surface area contributed by atoms with Crippen molar-refractivity contribution in [1.82, 2.24) is 4.90 Å². The minimum absolute atomic E-state index is 0.0490. The molecule has 1 fully saturated rings. The second-order valence-corrected chi connectivity index (χ2v) is 4.90. The summed E-state index contributed by atoms with van der Waals surface area (Å²) in [7, 11) is 1.98. The highest BCUT2D eigenvalue weighted by atomic mass is 16.6. The largest absolute Gasteiger partial charge is 0.461 e. The Hall–Kier alpha value is -1.35. The molecule has 2 rings (SSSR count). The Kier molecular flexibility index (Phi) is 3.48. The van der Waals surface area contributed by atoms with Crippen LogP contribution >= 0.6 is 0 Å². The maximum atomic E-state index is 11.6. The zero-order chi connectivity index (χ0) is 12.4. The van der Waals surface area contributed by atoms with E-state index < -0.39 is 0 Å². The van der Waals surface area contributed by atoms with Gasteiger partial charge in [-0.2, -0.15) is 0 Å². The van der Waals surface area contributed by atoms with Crippen LogP contribution in [0.3, 0.4) is 0 Å². The van der Waals surface area contributed by atoms with E-state index in [1.165, 1.54) is 11.1 Å². The Bertz CT molecular complexity index is 399. The van der Waals surface area contributed by atoms with Gasteiger partial charge in [0.2, 0.25) is 0 Å². The molecule has 1 aliphatic rings. The van der Waals surface area contributed by atoms with Crippen molar-refractivity contribution in [3.8, 4) is 0 Å². The van der Waals surface area contributed by atoms with Crippen molar-refractivity contribution in [2.45, 2.75) is 39.0 Å². The van der Waals surface area contributed by atoms with Crippen LogP contribution in [0.1, 0.15) is 24.5 Å². The van der Waals surface area contributed by atoms with E-state index in [0.717, 1.165) is 13.0 Å². The minimum atomic E-state index is -0.0914. The maximum absolute atomic E-state index is 11.6. The Balaban J connectivity index is 1.99. The summed E-state index contributed by atoms with van der Waals surface area (Å²) in [4.78, 5) is 13.7. The number of hydrogen-bond donors (Lipinski definition) is 0. The fraction of sp³-hybridized carbons (Fsp3) is 0.500. The first-order valence-corrected chi connectivity index (χ1v) is 6.02. The smallest absolute Gasteiger partial charge is 0.323 e. The van der Waals surface area contributed by atoms with Gasteiger partial charge in [0.1, 0.15) is 12.1 Å². The number of carbonyl (C=O) groups is 1. The number of likely N-dealkylation sites (N-methyl/N-ethyl adjacent to an activating group) is 1. The van der Waals surface area contributed by atoms with Gasteiger partial charge in [-0.15, -0.1) is 0 Å². The van der Waals surface area contributed by atoms with Gasteiger partial charge < -0.3 is 4.74 Å². The molecule has 0 aliphatic carbocycles. The number of cyclic esters (lactones) is 1. The molecule has 3 nitrogen and oxygen atoms in total. The quantitative estimate of drug-likeness (QED) is 0.749. The molecule has 0 aromatic heterocycles. The van der Waals surface area contributed by atoms with Crippen LogP contribution in [0.25, 0.3) is 0 Å². The highest BCUT2D eigenvalue weighted by molar-refractivity contribution is 5.77. The third-order valence-corrected chi connectivity index (χ3v) is 3.23. The Morgan fingerprint density at radius 3 is 2.53 bits per heavy atom. The van der Waals surface area contributed by atoms with Crippen molar-refractivity contribution in [1.29, 1.82) is 0 Å². The predicted octanol–water partition coefficient (Wildman–Crippen LogP) is 2.13. The van der Waals surface area contributed by atoms with Gasteiger partial charge in [0.15, 0.2) is 0 Å². The van der Waals surface area contributed by atoms with E-state index in [1.807, 2.05) is 14.0 Å². The lowest BCUT2D eigenvalue weighted by atomic mass is 10.1. The molecular formula is C14H19NO2. The molecule has 1 saturated heterocycles. The number of aryl methyl sites for hydroxylation is 1. The standard InChI is InChI=1S/C14H19NO2/c1-10-4-6-12(7-5-10)9-15(3)13-8-11(2)17-14(13)16/h4-7,11,13H,8-9H2,1-3H3. The van der Waals surface area contributed by atoms with Crippen LogP contribution < -0.4 is 0 Å². The fourth-order valence-electron chi connectivity index (χ4n) is 2.19. The molecule has 0 spiro atoms. The van der Waals surface area contributed by atoms with E-state index in [0.29, 0.717) is 0 Å². The molecule has 17 heavy (non-hydrogen) atoms.